The van der Waals surface area contributed by atoms with Crippen molar-refractivity contribution >= 4 is 28.8 Å². The highest BCUT2D eigenvalue weighted by molar-refractivity contribution is 7.17. The molecule has 1 aromatic rings. The third-order valence-electron chi connectivity index (χ3n) is 3.74. The lowest BCUT2D eigenvalue weighted by Crippen LogP contribution is -2.53. The first-order chi connectivity index (χ1) is 10.6. The van der Waals surface area contributed by atoms with Crippen molar-refractivity contribution in [2.75, 3.05) is 31.6 Å². The number of carbonyl (C=O) groups excluding carboxylic acids is 2. The Balaban J connectivity index is 2.11. The molecule has 22 heavy (non-hydrogen) atoms. The predicted molar refractivity (Wildman–Crippen MR) is 85.5 cm³/mol. The highest BCUT2D eigenvalue weighted by atomic mass is 32.1. The Hall–Kier alpha value is -1.67. The van der Waals surface area contributed by atoms with Gasteiger partial charge in [0.05, 0.1) is 17.8 Å². The normalized spacial score (nSPS) is 21.5. The average Bonchev–Trinajstić information content (AvgIpc) is 2.90. The number of thiazole rings is 1. The van der Waals surface area contributed by atoms with Gasteiger partial charge >= 0.3 is 0 Å². The molecule has 0 unspecified atom stereocenters. The molecule has 0 saturated carbocycles. The van der Waals surface area contributed by atoms with Crippen LogP contribution in [0.5, 0.6) is 0 Å². The molecule has 2 rings (SSSR count). The summed E-state index contributed by atoms with van der Waals surface area (Å²) in [6.45, 7) is 5.75. The first-order valence-corrected chi connectivity index (χ1v) is 8.15. The summed E-state index contributed by atoms with van der Waals surface area (Å²) in [7, 11) is 1.64. The molecule has 7 nitrogen and oxygen atoms in total. The van der Waals surface area contributed by atoms with E-state index in [0.29, 0.717) is 24.4 Å². The van der Waals surface area contributed by atoms with Crippen LogP contribution in [0.25, 0.3) is 0 Å². The monoisotopic (exact) mass is 326 g/mol. The van der Waals surface area contributed by atoms with Crippen molar-refractivity contribution in [3.05, 3.63) is 10.6 Å². The molecule has 2 N–H and O–H groups in total. The molecule has 2 atom stereocenters. The molecule has 1 aliphatic rings. The SMILES string of the molecule is CCNC(=O)c1sc(N2CC[C@@H](NC=O)[C@@H](OC)C2)nc1C. The summed E-state index contributed by atoms with van der Waals surface area (Å²) in [5.74, 6) is -0.0791. The molecule has 1 aliphatic heterocycles. The van der Waals surface area contributed by atoms with Crippen LogP contribution in [0.4, 0.5) is 5.13 Å². The van der Waals surface area contributed by atoms with Gasteiger partial charge in [0.25, 0.3) is 5.91 Å². The first-order valence-electron chi connectivity index (χ1n) is 7.33. The van der Waals surface area contributed by atoms with Crippen LogP contribution in [0, 0.1) is 6.92 Å². The Labute approximate surface area is 134 Å². The van der Waals surface area contributed by atoms with E-state index < -0.39 is 0 Å². The van der Waals surface area contributed by atoms with Crippen molar-refractivity contribution in [2.24, 2.45) is 0 Å². The van der Waals surface area contributed by atoms with Crippen LogP contribution in [0.1, 0.15) is 28.7 Å². The van der Waals surface area contributed by atoms with Crippen LogP contribution in [0.15, 0.2) is 0 Å². The molecule has 1 fully saturated rings. The first kappa shape index (κ1) is 16.7. The zero-order chi connectivity index (χ0) is 16.1. The molecule has 1 saturated heterocycles. The number of carbonyl (C=O) groups is 2. The number of aromatic nitrogens is 1. The van der Waals surface area contributed by atoms with Crippen LogP contribution < -0.4 is 15.5 Å². The van der Waals surface area contributed by atoms with Gasteiger partial charge in [0.15, 0.2) is 5.13 Å². The highest BCUT2D eigenvalue weighted by Gasteiger charge is 2.31. The molecule has 8 heteroatoms. The van der Waals surface area contributed by atoms with E-state index in [4.69, 9.17) is 4.74 Å². The number of ether oxygens (including phenoxy) is 1. The quantitative estimate of drug-likeness (QED) is 0.746. The van der Waals surface area contributed by atoms with Crippen molar-refractivity contribution in [1.29, 1.82) is 0 Å². The van der Waals surface area contributed by atoms with Gasteiger partial charge in [-0.05, 0) is 20.3 Å². The molecular formula is C14H22N4O3S. The Morgan fingerprint density at radius 1 is 1.59 bits per heavy atom. The Bertz CT molecular complexity index is 534. The smallest absolute Gasteiger partial charge is 0.263 e. The molecule has 0 spiro atoms. The number of piperidine rings is 1. The van der Waals surface area contributed by atoms with Gasteiger partial charge in [-0.1, -0.05) is 11.3 Å². The summed E-state index contributed by atoms with van der Waals surface area (Å²) >= 11 is 1.40. The second-order valence-corrected chi connectivity index (χ2v) is 6.15. The van der Waals surface area contributed by atoms with E-state index >= 15 is 0 Å². The standard InChI is InChI=1S/C14H22N4O3S/c1-4-15-13(20)12-9(2)17-14(22-12)18-6-5-10(16-8-19)11(7-18)21-3/h8,10-11H,4-7H2,1-3H3,(H,15,20)(H,16,19)/t10-,11+/m1/s1. The summed E-state index contributed by atoms with van der Waals surface area (Å²) in [6, 6.07) is 0.0164. The van der Waals surface area contributed by atoms with Crippen molar-refractivity contribution in [3.8, 4) is 0 Å². The van der Waals surface area contributed by atoms with Crippen LogP contribution >= 0.6 is 11.3 Å². The highest BCUT2D eigenvalue weighted by Crippen LogP contribution is 2.28. The second-order valence-electron chi connectivity index (χ2n) is 5.17. The third-order valence-corrected chi connectivity index (χ3v) is 4.96. The zero-order valence-electron chi connectivity index (χ0n) is 13.1. The molecule has 2 heterocycles. The summed E-state index contributed by atoms with van der Waals surface area (Å²) in [5, 5.41) is 6.42. The molecule has 2 amide bonds. The van der Waals surface area contributed by atoms with Crippen molar-refractivity contribution < 1.29 is 14.3 Å². The average molecular weight is 326 g/mol. The Kier molecular flexibility index (Phi) is 5.73. The number of hydrogen-bond donors (Lipinski definition) is 2. The van der Waals surface area contributed by atoms with E-state index in [1.807, 2.05) is 13.8 Å². The van der Waals surface area contributed by atoms with Crippen molar-refractivity contribution in [2.45, 2.75) is 32.4 Å². The number of anilines is 1. The number of nitrogens with zero attached hydrogens (tertiary/aromatic N) is 2. The van der Waals surface area contributed by atoms with Crippen LogP contribution in [-0.4, -0.2) is 56.2 Å². The molecule has 0 bridgehead atoms. The summed E-state index contributed by atoms with van der Waals surface area (Å²) in [4.78, 5) is 29.9. The zero-order valence-corrected chi connectivity index (χ0v) is 13.9. The van der Waals surface area contributed by atoms with Gasteiger partial charge in [0.2, 0.25) is 6.41 Å². The number of amides is 2. The van der Waals surface area contributed by atoms with Gasteiger partial charge in [-0.15, -0.1) is 0 Å². The van der Waals surface area contributed by atoms with E-state index in [-0.39, 0.29) is 18.1 Å². The Morgan fingerprint density at radius 2 is 2.36 bits per heavy atom. The maximum absolute atomic E-state index is 12.0. The van der Waals surface area contributed by atoms with Crippen LogP contribution in [0.2, 0.25) is 0 Å². The van der Waals surface area contributed by atoms with Gasteiger partial charge in [-0.2, -0.15) is 0 Å². The molecule has 122 valence electrons. The summed E-state index contributed by atoms with van der Waals surface area (Å²) < 4.78 is 5.47. The van der Waals surface area contributed by atoms with Crippen LogP contribution in [-0.2, 0) is 9.53 Å². The lowest BCUT2D eigenvalue weighted by atomic mass is 10.0. The number of nitrogens with one attached hydrogen (secondary N) is 2. The number of aryl methyl sites for hydroxylation is 1. The predicted octanol–water partition coefficient (Wildman–Crippen LogP) is 0.541. The van der Waals surface area contributed by atoms with E-state index in [9.17, 15) is 9.59 Å². The fourth-order valence-corrected chi connectivity index (χ4v) is 3.59. The van der Waals surface area contributed by atoms with Gasteiger partial charge in [0, 0.05) is 26.7 Å². The summed E-state index contributed by atoms with van der Waals surface area (Å²) in [5.41, 5.74) is 0.744. The maximum atomic E-state index is 12.0. The Morgan fingerprint density at radius 3 is 3.00 bits per heavy atom. The van der Waals surface area contributed by atoms with E-state index in [1.165, 1.54) is 11.3 Å². The third kappa shape index (κ3) is 3.56. The van der Waals surface area contributed by atoms with E-state index in [0.717, 1.165) is 23.8 Å². The molecule has 0 aromatic carbocycles. The second kappa shape index (κ2) is 7.55. The largest absolute Gasteiger partial charge is 0.377 e. The minimum absolute atomic E-state index is 0.0164. The number of methoxy groups -OCH3 is 1. The summed E-state index contributed by atoms with van der Waals surface area (Å²) in [6.07, 6.45) is 1.41. The fourth-order valence-electron chi connectivity index (χ4n) is 2.58. The number of rotatable bonds is 6. The molecule has 0 radical (unpaired) electrons. The molecule has 1 aromatic heterocycles. The lowest BCUT2D eigenvalue weighted by molar-refractivity contribution is -0.111. The fraction of sp³-hybridized carbons (Fsp3) is 0.643. The van der Waals surface area contributed by atoms with E-state index in [1.54, 1.807) is 7.11 Å². The van der Waals surface area contributed by atoms with E-state index in [2.05, 4.69) is 20.5 Å². The minimum Gasteiger partial charge on any atom is -0.377 e. The van der Waals surface area contributed by atoms with Crippen molar-refractivity contribution in [3.63, 3.8) is 0 Å². The molecular weight excluding hydrogens is 304 g/mol. The van der Waals surface area contributed by atoms with Gasteiger partial charge < -0.3 is 20.3 Å². The number of hydrogen-bond acceptors (Lipinski definition) is 6. The maximum Gasteiger partial charge on any atom is 0.263 e. The van der Waals surface area contributed by atoms with Gasteiger partial charge in [0.1, 0.15) is 4.88 Å². The topological polar surface area (TPSA) is 83.6 Å². The van der Waals surface area contributed by atoms with Gasteiger partial charge in [-0.3, -0.25) is 9.59 Å². The van der Waals surface area contributed by atoms with Gasteiger partial charge in [-0.25, -0.2) is 4.98 Å². The van der Waals surface area contributed by atoms with Crippen LogP contribution in [0.3, 0.4) is 0 Å². The minimum atomic E-state index is -0.0870. The molecule has 0 aliphatic carbocycles. The lowest BCUT2D eigenvalue weighted by Gasteiger charge is -2.37. The van der Waals surface area contributed by atoms with Crippen molar-refractivity contribution in [1.82, 2.24) is 15.6 Å².